The number of hydrogen-bond acceptors (Lipinski definition) is 3. The maximum atomic E-state index is 13.1. The number of carbonyl (C=O) groups is 1. The Balaban J connectivity index is 2.22. The van der Waals surface area contributed by atoms with Crippen molar-refractivity contribution in [3.8, 4) is 5.75 Å². The van der Waals surface area contributed by atoms with Gasteiger partial charge in [0.2, 0.25) is 0 Å². The third-order valence-corrected chi connectivity index (χ3v) is 3.71. The molecule has 122 valence electrons. The van der Waals surface area contributed by atoms with Crippen molar-refractivity contribution in [2.75, 3.05) is 27.7 Å². The Kier molecular flexibility index (Phi) is 5.88. The van der Waals surface area contributed by atoms with Crippen molar-refractivity contribution in [2.45, 2.75) is 6.42 Å². The fraction of sp³-hybridized carbons (Fsp3) is 0.316. The van der Waals surface area contributed by atoms with Crippen LogP contribution in [0.1, 0.15) is 15.9 Å². The van der Waals surface area contributed by atoms with Crippen molar-refractivity contribution >= 4 is 5.78 Å². The van der Waals surface area contributed by atoms with Crippen LogP contribution >= 0.6 is 0 Å². The molecular formula is C19H22FNO2. The zero-order valence-electron chi connectivity index (χ0n) is 13.8. The average Bonchev–Trinajstić information content (AvgIpc) is 2.55. The molecule has 4 heteroatoms. The number of hydrogen-bond donors (Lipinski definition) is 0. The molecule has 0 fully saturated rings. The molecule has 0 aromatic heterocycles. The monoisotopic (exact) mass is 315 g/mol. The van der Waals surface area contributed by atoms with Crippen LogP contribution in [-0.2, 0) is 6.42 Å². The van der Waals surface area contributed by atoms with Gasteiger partial charge >= 0.3 is 0 Å². The van der Waals surface area contributed by atoms with E-state index in [-0.39, 0.29) is 17.5 Å². The SMILES string of the molecule is COc1cccc(C(=O)C(Cc2ccc(F)cc2)CN(C)C)c1. The molecule has 2 rings (SSSR count). The van der Waals surface area contributed by atoms with Gasteiger partial charge in [0.05, 0.1) is 7.11 Å². The zero-order valence-corrected chi connectivity index (χ0v) is 13.8. The van der Waals surface area contributed by atoms with Crippen LogP contribution in [0.4, 0.5) is 4.39 Å². The summed E-state index contributed by atoms with van der Waals surface area (Å²) in [6.07, 6.45) is 0.578. The summed E-state index contributed by atoms with van der Waals surface area (Å²) < 4.78 is 18.2. The number of carbonyl (C=O) groups excluding carboxylic acids is 1. The minimum atomic E-state index is -0.267. The van der Waals surface area contributed by atoms with E-state index in [0.29, 0.717) is 24.3 Å². The van der Waals surface area contributed by atoms with Crippen LogP contribution in [0, 0.1) is 11.7 Å². The predicted molar refractivity (Wildman–Crippen MR) is 89.5 cm³/mol. The number of halogens is 1. The van der Waals surface area contributed by atoms with Gasteiger partial charge in [-0.05, 0) is 50.3 Å². The molecule has 0 amide bonds. The molecule has 23 heavy (non-hydrogen) atoms. The maximum Gasteiger partial charge on any atom is 0.167 e. The number of methoxy groups -OCH3 is 1. The summed E-state index contributed by atoms with van der Waals surface area (Å²) in [5.74, 6) is 0.280. The van der Waals surface area contributed by atoms with Gasteiger partial charge in [-0.2, -0.15) is 0 Å². The van der Waals surface area contributed by atoms with Crippen LogP contribution in [0.15, 0.2) is 48.5 Å². The van der Waals surface area contributed by atoms with Gasteiger partial charge in [-0.15, -0.1) is 0 Å². The number of Topliss-reactive ketones (excluding diaryl/α,β-unsaturated/α-hetero) is 1. The van der Waals surface area contributed by atoms with Crippen molar-refractivity contribution in [3.63, 3.8) is 0 Å². The van der Waals surface area contributed by atoms with Crippen LogP contribution in [-0.4, -0.2) is 38.4 Å². The fourth-order valence-electron chi connectivity index (χ4n) is 2.60. The number of nitrogens with zero attached hydrogens (tertiary/aromatic N) is 1. The number of benzene rings is 2. The summed E-state index contributed by atoms with van der Waals surface area (Å²) >= 11 is 0. The van der Waals surface area contributed by atoms with Gasteiger partial charge in [0, 0.05) is 18.0 Å². The summed E-state index contributed by atoms with van der Waals surface area (Å²) in [6.45, 7) is 0.632. The van der Waals surface area contributed by atoms with E-state index in [9.17, 15) is 9.18 Å². The van der Waals surface area contributed by atoms with Crippen LogP contribution < -0.4 is 4.74 Å². The Morgan fingerprint density at radius 1 is 1.17 bits per heavy atom. The lowest BCUT2D eigenvalue weighted by Gasteiger charge is -2.20. The summed E-state index contributed by atoms with van der Waals surface area (Å²) in [7, 11) is 5.46. The van der Waals surface area contributed by atoms with E-state index in [0.717, 1.165) is 5.56 Å². The molecule has 0 heterocycles. The van der Waals surface area contributed by atoms with E-state index < -0.39 is 0 Å². The topological polar surface area (TPSA) is 29.5 Å². The molecular weight excluding hydrogens is 293 g/mol. The van der Waals surface area contributed by atoms with E-state index in [1.54, 1.807) is 31.4 Å². The molecule has 0 bridgehead atoms. The average molecular weight is 315 g/mol. The second kappa shape index (κ2) is 7.88. The van der Waals surface area contributed by atoms with Gasteiger partial charge in [0.15, 0.2) is 5.78 Å². The molecule has 0 aliphatic carbocycles. The molecule has 2 aromatic rings. The molecule has 3 nitrogen and oxygen atoms in total. The van der Waals surface area contributed by atoms with Gasteiger partial charge in [-0.25, -0.2) is 4.39 Å². The van der Waals surface area contributed by atoms with Crippen molar-refractivity contribution in [3.05, 3.63) is 65.5 Å². The lowest BCUT2D eigenvalue weighted by atomic mass is 9.90. The van der Waals surface area contributed by atoms with Gasteiger partial charge < -0.3 is 9.64 Å². The Labute approximate surface area is 136 Å². The van der Waals surface area contributed by atoms with Crippen LogP contribution in [0.5, 0.6) is 5.75 Å². The fourth-order valence-corrected chi connectivity index (χ4v) is 2.60. The Hall–Kier alpha value is -2.20. The minimum Gasteiger partial charge on any atom is -0.497 e. The van der Waals surface area contributed by atoms with Gasteiger partial charge in [-0.3, -0.25) is 4.79 Å². The number of ketones is 1. The Morgan fingerprint density at radius 2 is 1.87 bits per heavy atom. The van der Waals surface area contributed by atoms with Crippen LogP contribution in [0.3, 0.4) is 0 Å². The van der Waals surface area contributed by atoms with Crippen LogP contribution in [0.25, 0.3) is 0 Å². The van der Waals surface area contributed by atoms with Crippen molar-refractivity contribution < 1.29 is 13.9 Å². The highest BCUT2D eigenvalue weighted by molar-refractivity contribution is 5.98. The molecule has 1 atom stereocenters. The molecule has 0 aliphatic rings. The van der Waals surface area contributed by atoms with Crippen molar-refractivity contribution in [1.29, 1.82) is 0 Å². The second-order valence-corrected chi connectivity index (χ2v) is 5.89. The summed E-state index contributed by atoms with van der Waals surface area (Å²) in [6, 6.07) is 13.5. The molecule has 0 radical (unpaired) electrons. The lowest BCUT2D eigenvalue weighted by Crippen LogP contribution is -2.29. The molecule has 0 aliphatic heterocycles. The van der Waals surface area contributed by atoms with Crippen LogP contribution in [0.2, 0.25) is 0 Å². The highest BCUT2D eigenvalue weighted by Gasteiger charge is 2.21. The van der Waals surface area contributed by atoms with E-state index in [1.807, 2.05) is 31.1 Å². The normalized spacial score (nSPS) is 12.2. The quantitative estimate of drug-likeness (QED) is 0.733. The molecule has 0 saturated heterocycles. The standard InChI is InChI=1S/C19H22FNO2/c1-21(2)13-16(11-14-7-9-17(20)10-8-14)19(22)15-5-4-6-18(12-15)23-3/h4-10,12,16H,11,13H2,1-3H3. The highest BCUT2D eigenvalue weighted by Crippen LogP contribution is 2.20. The Morgan fingerprint density at radius 3 is 2.48 bits per heavy atom. The first-order chi connectivity index (χ1) is 11.0. The Bertz CT molecular complexity index is 653. The highest BCUT2D eigenvalue weighted by atomic mass is 19.1. The molecule has 0 N–H and O–H groups in total. The molecule has 0 saturated carbocycles. The second-order valence-electron chi connectivity index (χ2n) is 5.89. The van der Waals surface area contributed by atoms with E-state index in [2.05, 4.69) is 0 Å². The van der Waals surface area contributed by atoms with Crippen molar-refractivity contribution in [1.82, 2.24) is 4.90 Å². The zero-order chi connectivity index (χ0) is 16.8. The van der Waals surface area contributed by atoms with E-state index in [4.69, 9.17) is 4.74 Å². The first kappa shape index (κ1) is 17.2. The third-order valence-electron chi connectivity index (χ3n) is 3.71. The smallest absolute Gasteiger partial charge is 0.167 e. The maximum absolute atomic E-state index is 13.1. The first-order valence-electron chi connectivity index (χ1n) is 7.57. The number of ether oxygens (including phenoxy) is 1. The molecule has 1 unspecified atom stereocenters. The van der Waals surface area contributed by atoms with Crippen molar-refractivity contribution in [2.24, 2.45) is 5.92 Å². The largest absolute Gasteiger partial charge is 0.497 e. The van der Waals surface area contributed by atoms with Gasteiger partial charge in [-0.1, -0.05) is 24.3 Å². The summed E-state index contributed by atoms with van der Waals surface area (Å²) in [4.78, 5) is 14.9. The summed E-state index contributed by atoms with van der Waals surface area (Å²) in [5, 5.41) is 0. The summed E-state index contributed by atoms with van der Waals surface area (Å²) in [5.41, 5.74) is 1.59. The van der Waals surface area contributed by atoms with E-state index >= 15 is 0 Å². The third kappa shape index (κ3) is 4.89. The molecule has 2 aromatic carbocycles. The molecule has 0 spiro atoms. The predicted octanol–water partition coefficient (Wildman–Crippen LogP) is 3.44. The van der Waals surface area contributed by atoms with E-state index in [1.165, 1.54) is 12.1 Å². The first-order valence-corrected chi connectivity index (χ1v) is 7.57. The van der Waals surface area contributed by atoms with Gasteiger partial charge in [0.25, 0.3) is 0 Å². The number of rotatable bonds is 7. The minimum absolute atomic E-state index is 0.0712. The lowest BCUT2D eigenvalue weighted by molar-refractivity contribution is 0.0896. The van der Waals surface area contributed by atoms with Gasteiger partial charge in [0.1, 0.15) is 11.6 Å².